The Morgan fingerprint density at radius 3 is 1.78 bits per heavy atom. The Morgan fingerprint density at radius 2 is 1.43 bits per heavy atom. The average Bonchev–Trinajstić information content (AvgIpc) is 2.35. The lowest BCUT2D eigenvalue weighted by Gasteiger charge is -2.14. The molecule has 1 amide bonds. The molecule has 0 aliphatic heterocycles. The van der Waals surface area contributed by atoms with E-state index in [-0.39, 0.29) is 24.7 Å². The predicted molar refractivity (Wildman–Crippen MR) is 65.4 cm³/mol. The fourth-order valence-electron chi connectivity index (χ4n) is 1.47. The lowest BCUT2D eigenvalue weighted by Crippen LogP contribution is -2.32. The van der Waals surface area contributed by atoms with E-state index in [0.29, 0.717) is 0 Å². The molecule has 0 bridgehead atoms. The molecule has 0 fully saturated rings. The summed E-state index contributed by atoms with van der Waals surface area (Å²) in [7, 11) is -4.90. The first-order valence-electron chi connectivity index (χ1n) is 5.82. The molecule has 0 unspecified atom stereocenters. The summed E-state index contributed by atoms with van der Waals surface area (Å²) < 4.78 is 101. The number of alkyl halides is 6. The molecule has 0 atom stereocenters. The number of nitrogens with two attached hydrogens (primary N) is 1. The third-order valence-corrected chi connectivity index (χ3v) is 3.84. The van der Waals surface area contributed by atoms with Crippen molar-refractivity contribution in [1.82, 2.24) is 4.72 Å². The van der Waals surface area contributed by atoms with Gasteiger partial charge in [0, 0.05) is 13.0 Å². The van der Waals surface area contributed by atoms with E-state index < -0.39 is 50.7 Å². The number of benzene rings is 1. The van der Waals surface area contributed by atoms with Gasteiger partial charge in [-0.15, -0.1) is 0 Å². The standard InChI is InChI=1S/C11H10F6N2O3S/c12-10(13,14)6-3-7(11(15,16)17)5-8(4-6)23(21,22)19-9(20)1-2-18/h3-5H,1-2,18H2,(H,19,20). The van der Waals surface area contributed by atoms with Crippen LogP contribution in [0.2, 0.25) is 0 Å². The molecule has 1 aromatic rings. The Kier molecular flexibility index (Phi) is 5.31. The first-order chi connectivity index (χ1) is 10.3. The minimum Gasteiger partial charge on any atom is -0.330 e. The van der Waals surface area contributed by atoms with E-state index in [1.165, 1.54) is 4.72 Å². The van der Waals surface area contributed by atoms with Crippen molar-refractivity contribution >= 4 is 15.9 Å². The van der Waals surface area contributed by atoms with Crippen LogP contribution in [-0.4, -0.2) is 20.9 Å². The van der Waals surface area contributed by atoms with Crippen LogP contribution in [0.4, 0.5) is 26.3 Å². The Hall–Kier alpha value is -1.82. The van der Waals surface area contributed by atoms with E-state index in [1.54, 1.807) is 0 Å². The molecule has 0 spiro atoms. The number of hydrogen-bond acceptors (Lipinski definition) is 4. The van der Waals surface area contributed by atoms with E-state index in [0.717, 1.165) is 0 Å². The topological polar surface area (TPSA) is 89.3 Å². The molecule has 12 heteroatoms. The minimum absolute atomic E-state index is 0.00724. The van der Waals surface area contributed by atoms with Crippen LogP contribution in [0.1, 0.15) is 17.5 Å². The maximum absolute atomic E-state index is 12.6. The Bertz CT molecular complexity index is 664. The highest BCUT2D eigenvalue weighted by molar-refractivity contribution is 7.90. The molecule has 130 valence electrons. The van der Waals surface area contributed by atoms with Gasteiger partial charge in [-0.2, -0.15) is 26.3 Å². The van der Waals surface area contributed by atoms with Gasteiger partial charge in [-0.05, 0) is 18.2 Å². The van der Waals surface area contributed by atoms with Crippen LogP contribution in [0.5, 0.6) is 0 Å². The van der Waals surface area contributed by atoms with E-state index >= 15 is 0 Å². The minimum atomic E-state index is -5.20. The summed E-state index contributed by atoms with van der Waals surface area (Å²) in [5, 5.41) is 0. The molecular formula is C11H10F6N2O3S. The summed E-state index contributed by atoms with van der Waals surface area (Å²) in [6, 6.07) is -0.207. The predicted octanol–water partition coefficient (Wildman–Crippen LogP) is 1.88. The maximum Gasteiger partial charge on any atom is 0.416 e. The zero-order chi connectivity index (χ0) is 18.1. The molecule has 0 radical (unpaired) electrons. The second-order valence-corrected chi connectivity index (χ2v) is 5.99. The van der Waals surface area contributed by atoms with Crippen LogP contribution in [0.25, 0.3) is 0 Å². The van der Waals surface area contributed by atoms with E-state index in [9.17, 15) is 39.6 Å². The number of amides is 1. The van der Waals surface area contributed by atoms with Gasteiger partial charge in [0.25, 0.3) is 10.0 Å². The number of carbonyl (C=O) groups is 1. The average molecular weight is 364 g/mol. The third-order valence-electron chi connectivity index (χ3n) is 2.49. The first kappa shape index (κ1) is 19.2. The molecule has 0 aromatic heterocycles. The lowest BCUT2D eigenvalue weighted by atomic mass is 10.1. The first-order valence-corrected chi connectivity index (χ1v) is 7.31. The fourth-order valence-corrected chi connectivity index (χ4v) is 2.56. The summed E-state index contributed by atoms with van der Waals surface area (Å²) in [6.07, 6.45) is -10.9. The van der Waals surface area contributed by atoms with Gasteiger partial charge in [-0.1, -0.05) is 0 Å². The lowest BCUT2D eigenvalue weighted by molar-refractivity contribution is -0.143. The summed E-state index contributed by atoms with van der Waals surface area (Å²) in [4.78, 5) is 9.85. The highest BCUT2D eigenvalue weighted by atomic mass is 32.2. The molecule has 0 aliphatic carbocycles. The quantitative estimate of drug-likeness (QED) is 0.799. The monoisotopic (exact) mass is 364 g/mol. The fraction of sp³-hybridized carbons (Fsp3) is 0.364. The number of hydrogen-bond donors (Lipinski definition) is 2. The normalized spacial score (nSPS) is 13.0. The van der Waals surface area contributed by atoms with E-state index in [1.807, 2.05) is 0 Å². The molecule has 0 saturated carbocycles. The van der Waals surface area contributed by atoms with E-state index in [4.69, 9.17) is 5.73 Å². The molecule has 0 heterocycles. The Labute approximate surface area is 126 Å². The van der Waals surface area contributed by atoms with Gasteiger partial charge in [0.05, 0.1) is 16.0 Å². The highest BCUT2D eigenvalue weighted by Crippen LogP contribution is 2.37. The highest BCUT2D eigenvalue weighted by Gasteiger charge is 2.38. The van der Waals surface area contributed by atoms with Crippen LogP contribution >= 0.6 is 0 Å². The number of halogens is 6. The van der Waals surface area contributed by atoms with Crippen molar-refractivity contribution in [3.63, 3.8) is 0 Å². The number of rotatable bonds is 4. The van der Waals surface area contributed by atoms with Gasteiger partial charge in [0.15, 0.2) is 0 Å². The van der Waals surface area contributed by atoms with Crippen molar-refractivity contribution in [3.8, 4) is 0 Å². The van der Waals surface area contributed by atoms with Crippen molar-refractivity contribution in [1.29, 1.82) is 0 Å². The second kappa shape index (κ2) is 6.35. The van der Waals surface area contributed by atoms with Crippen molar-refractivity contribution in [2.75, 3.05) is 6.54 Å². The molecule has 1 rings (SSSR count). The maximum atomic E-state index is 12.6. The Balaban J connectivity index is 3.43. The van der Waals surface area contributed by atoms with Crippen molar-refractivity contribution in [3.05, 3.63) is 29.3 Å². The zero-order valence-corrected chi connectivity index (χ0v) is 11.9. The van der Waals surface area contributed by atoms with E-state index in [2.05, 4.69) is 0 Å². The third kappa shape index (κ3) is 5.10. The van der Waals surface area contributed by atoms with Crippen LogP contribution in [0, 0.1) is 0 Å². The van der Waals surface area contributed by atoms with Crippen molar-refractivity contribution in [2.45, 2.75) is 23.7 Å². The molecule has 5 nitrogen and oxygen atoms in total. The number of sulfonamides is 1. The smallest absolute Gasteiger partial charge is 0.330 e. The molecule has 23 heavy (non-hydrogen) atoms. The van der Waals surface area contributed by atoms with Crippen molar-refractivity contribution in [2.24, 2.45) is 5.73 Å². The van der Waals surface area contributed by atoms with Gasteiger partial charge in [-0.3, -0.25) is 4.79 Å². The number of nitrogens with one attached hydrogen (secondary N) is 1. The summed E-state index contributed by atoms with van der Waals surface area (Å²) >= 11 is 0. The molecule has 0 aliphatic rings. The van der Waals surface area contributed by atoms with Gasteiger partial charge < -0.3 is 5.73 Å². The Morgan fingerprint density at radius 1 is 1.00 bits per heavy atom. The van der Waals surface area contributed by atoms with Gasteiger partial charge in [0.1, 0.15) is 0 Å². The molecule has 3 N–H and O–H groups in total. The van der Waals surface area contributed by atoms with Crippen LogP contribution < -0.4 is 10.5 Å². The van der Waals surface area contributed by atoms with Gasteiger partial charge >= 0.3 is 12.4 Å². The van der Waals surface area contributed by atoms with Crippen LogP contribution in [0.3, 0.4) is 0 Å². The SMILES string of the molecule is NCCC(=O)NS(=O)(=O)c1cc(C(F)(F)F)cc(C(F)(F)F)c1. The number of carbonyl (C=O) groups excluding carboxylic acids is 1. The second-order valence-electron chi connectivity index (χ2n) is 4.31. The van der Waals surface area contributed by atoms with Crippen LogP contribution in [-0.2, 0) is 27.2 Å². The summed E-state index contributed by atoms with van der Waals surface area (Å²) in [6.45, 7) is -0.252. The summed E-state index contributed by atoms with van der Waals surface area (Å²) in [5.74, 6) is -1.15. The van der Waals surface area contributed by atoms with Gasteiger partial charge in [0.2, 0.25) is 5.91 Å². The van der Waals surface area contributed by atoms with Crippen LogP contribution in [0.15, 0.2) is 23.1 Å². The molecule has 0 saturated heterocycles. The largest absolute Gasteiger partial charge is 0.416 e. The molecular weight excluding hydrogens is 354 g/mol. The van der Waals surface area contributed by atoms with Crippen molar-refractivity contribution < 1.29 is 39.6 Å². The molecule has 1 aromatic carbocycles. The zero-order valence-electron chi connectivity index (χ0n) is 11.1. The summed E-state index contributed by atoms with van der Waals surface area (Å²) in [5.41, 5.74) is 1.38. The van der Waals surface area contributed by atoms with Gasteiger partial charge in [-0.25, -0.2) is 13.1 Å².